The monoisotopic (exact) mass is 560 g/mol. The maximum absolute atomic E-state index is 13.3. The molecule has 2 aliphatic rings. The first-order chi connectivity index (χ1) is 18.5. The summed E-state index contributed by atoms with van der Waals surface area (Å²) in [4.78, 5) is 16.8. The normalized spacial score (nSPS) is 22.9. The number of rotatable bonds is 5. The van der Waals surface area contributed by atoms with Gasteiger partial charge in [0.1, 0.15) is 15.7 Å². The lowest BCUT2D eigenvalue weighted by Crippen LogP contribution is -2.55. The number of amides is 1. The van der Waals surface area contributed by atoms with Crippen LogP contribution < -0.4 is 19.3 Å². The van der Waals surface area contributed by atoms with E-state index >= 15 is 0 Å². The van der Waals surface area contributed by atoms with Crippen molar-refractivity contribution in [1.82, 2.24) is 4.72 Å². The van der Waals surface area contributed by atoms with E-state index in [2.05, 4.69) is 9.46 Å². The Morgan fingerprint density at radius 2 is 1.59 bits per heavy atom. The van der Waals surface area contributed by atoms with Crippen molar-refractivity contribution in [2.45, 2.75) is 48.7 Å². The molecule has 1 amide bonds. The number of ether oxygens (including phenoxy) is 1. The molecule has 3 aromatic carbocycles. The Morgan fingerprint density at radius 3 is 2.26 bits per heavy atom. The van der Waals surface area contributed by atoms with E-state index in [0.717, 1.165) is 30.0 Å². The van der Waals surface area contributed by atoms with Gasteiger partial charge in [0.25, 0.3) is 5.91 Å². The standard InChI is InChI=1S/C27H27F3N4O4S/c1-33-22-10-4-5-11-23(22)34(21-9-3-2-7-19(21)26(33)36)24-12-6-8-20(25(24)35)32-39(31,37)18-15-13-17(14-16-18)38-27(28,29)30/h2-5,7,9-11,13-16,20,24-25,35H,6,8,12H2,1H3,(H2,31,32,37). The number of aliphatic hydroxyl groups is 1. The van der Waals surface area contributed by atoms with Crippen LogP contribution in [0.1, 0.15) is 29.6 Å². The van der Waals surface area contributed by atoms with Crippen molar-refractivity contribution in [3.63, 3.8) is 0 Å². The zero-order chi connectivity index (χ0) is 27.9. The second kappa shape index (κ2) is 10.2. The van der Waals surface area contributed by atoms with E-state index in [-0.39, 0.29) is 10.8 Å². The van der Waals surface area contributed by atoms with Crippen LogP contribution in [0.15, 0.2) is 77.7 Å². The van der Waals surface area contributed by atoms with Gasteiger partial charge in [0, 0.05) is 13.1 Å². The van der Waals surface area contributed by atoms with Crippen molar-refractivity contribution in [1.29, 1.82) is 4.78 Å². The molecule has 0 radical (unpaired) electrons. The van der Waals surface area contributed by atoms with Gasteiger partial charge < -0.3 is 19.6 Å². The number of anilines is 3. The van der Waals surface area contributed by atoms with Crippen LogP contribution in [0.2, 0.25) is 0 Å². The number of hydrogen-bond donors (Lipinski definition) is 3. The fourth-order valence-electron chi connectivity index (χ4n) is 5.27. The minimum atomic E-state index is -4.87. The molecule has 4 unspecified atom stereocenters. The largest absolute Gasteiger partial charge is 0.573 e. The van der Waals surface area contributed by atoms with Crippen molar-refractivity contribution in [3.8, 4) is 5.75 Å². The van der Waals surface area contributed by atoms with Gasteiger partial charge >= 0.3 is 6.36 Å². The summed E-state index contributed by atoms with van der Waals surface area (Å²) in [5.41, 5.74) is 2.51. The molecular weight excluding hydrogens is 533 g/mol. The Balaban J connectivity index is 1.45. The van der Waals surface area contributed by atoms with E-state index in [4.69, 9.17) is 4.78 Å². The molecule has 0 bridgehead atoms. The number of carbonyl (C=O) groups is 1. The number of carbonyl (C=O) groups excluding carboxylic acids is 1. The summed E-state index contributed by atoms with van der Waals surface area (Å²) in [7, 11) is -1.98. The molecular formula is C27H27F3N4O4S. The summed E-state index contributed by atoms with van der Waals surface area (Å²) < 4.78 is 65.9. The van der Waals surface area contributed by atoms with E-state index in [1.807, 2.05) is 41.3 Å². The molecule has 1 heterocycles. The van der Waals surface area contributed by atoms with Crippen LogP contribution in [0.25, 0.3) is 0 Å². The molecule has 8 nitrogen and oxygen atoms in total. The molecule has 0 saturated heterocycles. The number of para-hydroxylation sites is 3. The lowest BCUT2D eigenvalue weighted by atomic mass is 9.86. The summed E-state index contributed by atoms with van der Waals surface area (Å²) in [6.45, 7) is 0. The number of aliphatic hydroxyl groups excluding tert-OH is 1. The van der Waals surface area contributed by atoms with Crippen LogP contribution in [0.3, 0.4) is 0 Å². The number of benzene rings is 3. The van der Waals surface area contributed by atoms with Crippen LogP contribution in [-0.4, -0.2) is 46.8 Å². The fourth-order valence-corrected chi connectivity index (χ4v) is 6.61. The number of nitrogens with zero attached hydrogens (tertiary/aromatic N) is 2. The molecule has 12 heteroatoms. The van der Waals surface area contributed by atoms with E-state index in [1.54, 1.807) is 24.1 Å². The van der Waals surface area contributed by atoms with Crippen molar-refractivity contribution >= 4 is 32.9 Å². The molecule has 3 N–H and O–H groups in total. The van der Waals surface area contributed by atoms with Crippen LogP contribution in [0.5, 0.6) is 5.75 Å². The Bertz CT molecular complexity index is 1480. The molecule has 39 heavy (non-hydrogen) atoms. The van der Waals surface area contributed by atoms with Crippen molar-refractivity contribution in [2.24, 2.45) is 0 Å². The third-order valence-electron chi connectivity index (χ3n) is 7.06. The molecule has 4 atom stereocenters. The second-order valence-electron chi connectivity index (χ2n) is 9.53. The van der Waals surface area contributed by atoms with E-state index in [1.165, 1.54) is 0 Å². The maximum atomic E-state index is 13.3. The minimum absolute atomic E-state index is 0.0379. The van der Waals surface area contributed by atoms with E-state index in [0.29, 0.717) is 36.2 Å². The fraction of sp³-hybridized carbons (Fsp3) is 0.296. The predicted octanol–water partition coefficient (Wildman–Crippen LogP) is 5.21. The number of nitrogens with one attached hydrogen (secondary N) is 2. The van der Waals surface area contributed by atoms with Crippen molar-refractivity contribution in [2.75, 3.05) is 16.8 Å². The van der Waals surface area contributed by atoms with Gasteiger partial charge in [-0.15, -0.1) is 13.2 Å². The summed E-state index contributed by atoms with van der Waals surface area (Å²) in [6, 6.07) is 17.6. The molecule has 1 saturated carbocycles. The highest BCUT2D eigenvalue weighted by Gasteiger charge is 2.41. The number of hydrogen-bond acceptors (Lipinski definition) is 6. The van der Waals surface area contributed by atoms with Crippen molar-refractivity contribution < 1.29 is 32.0 Å². The van der Waals surface area contributed by atoms with Crippen molar-refractivity contribution in [3.05, 3.63) is 78.4 Å². The highest BCUT2D eigenvalue weighted by Crippen LogP contribution is 2.44. The molecule has 0 spiro atoms. The minimum Gasteiger partial charge on any atom is -0.406 e. The molecule has 1 aliphatic carbocycles. The molecule has 1 fully saturated rings. The average Bonchev–Trinajstić information content (AvgIpc) is 2.98. The van der Waals surface area contributed by atoms with Crippen LogP contribution >= 0.6 is 0 Å². The maximum Gasteiger partial charge on any atom is 0.573 e. The van der Waals surface area contributed by atoms with Gasteiger partial charge in [0.15, 0.2) is 0 Å². The first kappa shape index (κ1) is 27.0. The second-order valence-corrected chi connectivity index (χ2v) is 11.3. The number of fused-ring (bicyclic) bond motifs is 2. The van der Waals surface area contributed by atoms with Crippen LogP contribution in [-0.2, 0) is 9.92 Å². The lowest BCUT2D eigenvalue weighted by Gasteiger charge is -2.43. The van der Waals surface area contributed by atoms with Crippen LogP contribution in [0, 0.1) is 4.78 Å². The first-order valence-electron chi connectivity index (χ1n) is 12.3. The van der Waals surface area contributed by atoms with Gasteiger partial charge in [-0.2, -0.15) is 0 Å². The van der Waals surface area contributed by atoms with Gasteiger partial charge in [-0.05, 0) is 67.8 Å². The smallest absolute Gasteiger partial charge is 0.406 e. The topological polar surface area (TPSA) is 106 Å². The van der Waals surface area contributed by atoms with Gasteiger partial charge in [-0.1, -0.05) is 24.3 Å². The Morgan fingerprint density at radius 1 is 0.974 bits per heavy atom. The summed E-state index contributed by atoms with van der Waals surface area (Å²) >= 11 is 0. The summed E-state index contributed by atoms with van der Waals surface area (Å²) in [6.07, 6.45) is -4.32. The third kappa shape index (κ3) is 5.32. The number of alkyl halides is 3. The van der Waals surface area contributed by atoms with Gasteiger partial charge in [-0.3, -0.25) is 4.79 Å². The van der Waals surface area contributed by atoms with Gasteiger partial charge in [0.05, 0.1) is 39.7 Å². The summed E-state index contributed by atoms with van der Waals surface area (Å²) in [5, 5.41) is 11.6. The molecule has 206 valence electrons. The SMILES string of the molecule is CN1C(=O)c2ccccc2N(C2CCCC(NS(=N)(=O)c3ccc(OC(F)(F)F)cc3)C2O)c2ccccc21. The highest BCUT2D eigenvalue weighted by atomic mass is 32.2. The zero-order valence-electron chi connectivity index (χ0n) is 20.9. The Hall–Kier alpha value is -3.61. The third-order valence-corrected chi connectivity index (χ3v) is 8.63. The predicted molar refractivity (Wildman–Crippen MR) is 141 cm³/mol. The average molecular weight is 561 g/mol. The molecule has 0 aromatic heterocycles. The van der Waals surface area contributed by atoms with Gasteiger partial charge in [-0.25, -0.2) is 13.7 Å². The molecule has 5 rings (SSSR count). The molecule has 3 aromatic rings. The van der Waals surface area contributed by atoms with Crippen LogP contribution in [0.4, 0.5) is 30.2 Å². The first-order valence-corrected chi connectivity index (χ1v) is 13.9. The number of halogens is 3. The summed E-state index contributed by atoms with van der Waals surface area (Å²) in [5.74, 6) is -0.676. The highest BCUT2D eigenvalue weighted by molar-refractivity contribution is 7.90. The Labute approximate surface area is 224 Å². The lowest BCUT2D eigenvalue weighted by molar-refractivity contribution is -0.274. The Kier molecular flexibility index (Phi) is 7.04. The van der Waals surface area contributed by atoms with Gasteiger partial charge in [0.2, 0.25) is 0 Å². The molecule has 1 aliphatic heterocycles. The zero-order valence-corrected chi connectivity index (χ0v) is 21.7. The van der Waals surface area contributed by atoms with E-state index in [9.17, 15) is 27.3 Å². The quantitative estimate of drug-likeness (QED) is 0.398. The van der Waals surface area contributed by atoms with E-state index < -0.39 is 40.2 Å².